The van der Waals surface area contributed by atoms with Crippen molar-refractivity contribution in [3.05, 3.63) is 88.0 Å². The molecule has 0 atom stereocenters. The van der Waals surface area contributed by atoms with Gasteiger partial charge in [0.2, 0.25) is 0 Å². The number of hydrogen-bond donors (Lipinski definition) is 0. The van der Waals surface area contributed by atoms with Crippen LogP contribution in [0.25, 0.3) is 0 Å². The van der Waals surface area contributed by atoms with Crippen LogP contribution < -0.4 is 13.9 Å². The molecule has 3 rings (SSSR count). The minimum atomic E-state index is -1.13. The van der Waals surface area contributed by atoms with E-state index in [1.54, 1.807) is 0 Å². The van der Waals surface area contributed by atoms with E-state index in [-0.39, 0.29) is 26.9 Å². The topological polar surface area (TPSA) is 71.1 Å². The van der Waals surface area contributed by atoms with Gasteiger partial charge in [-0.3, -0.25) is 0 Å². The van der Waals surface area contributed by atoms with Gasteiger partial charge in [0.05, 0.1) is 19.3 Å². The van der Waals surface area contributed by atoms with E-state index in [0.29, 0.717) is 11.1 Å². The predicted molar refractivity (Wildman–Crippen MR) is 193 cm³/mol. The van der Waals surface area contributed by atoms with E-state index in [1.165, 1.54) is 18.7 Å². The zero-order valence-electron chi connectivity index (χ0n) is 29.1. The van der Waals surface area contributed by atoms with E-state index >= 15 is 0 Å². The molecule has 0 fully saturated rings. The van der Waals surface area contributed by atoms with E-state index in [9.17, 15) is 9.59 Å². The van der Waals surface area contributed by atoms with E-state index in [0.717, 1.165) is 64.4 Å². The molecule has 0 saturated heterocycles. The van der Waals surface area contributed by atoms with Crippen LogP contribution in [0.3, 0.4) is 0 Å². The molecule has 45 heavy (non-hydrogen) atoms. The summed E-state index contributed by atoms with van der Waals surface area (Å²) in [6, 6.07) is 20.4. The first-order valence-corrected chi connectivity index (χ1v) is 24.9. The summed E-state index contributed by atoms with van der Waals surface area (Å²) < 4.78 is 22.9. The van der Waals surface area contributed by atoms with Crippen molar-refractivity contribution in [2.45, 2.75) is 77.5 Å². The Bertz CT molecular complexity index is 1390. The van der Waals surface area contributed by atoms with Gasteiger partial charge in [-0.15, -0.1) is 0 Å². The average molecular weight is 716 g/mol. The number of ether oxygens (including phenoxy) is 4. The van der Waals surface area contributed by atoms with E-state index in [4.69, 9.17) is 18.9 Å². The number of rotatable bonds is 13. The van der Waals surface area contributed by atoms with Crippen LogP contribution in [0.4, 0.5) is 0 Å². The Hall–Kier alpha value is -2.85. The van der Waals surface area contributed by atoms with Gasteiger partial charge in [-0.05, 0) is 43.2 Å². The van der Waals surface area contributed by atoms with Crippen molar-refractivity contribution in [2.24, 2.45) is 0 Å². The Balaban J connectivity index is 0.000000330. The molecule has 0 heterocycles. The van der Waals surface area contributed by atoms with Crippen LogP contribution in [-0.2, 0) is 14.8 Å². The third-order valence-electron chi connectivity index (χ3n) is 7.06. The number of benzene rings is 3. The number of hydrogen-bond acceptors (Lipinski definition) is 6. The van der Waals surface area contributed by atoms with Gasteiger partial charge in [0, 0.05) is 8.07 Å². The Morgan fingerprint density at radius 1 is 0.644 bits per heavy atom. The Morgan fingerprint density at radius 3 is 1.51 bits per heavy atom. The Kier molecular flexibility index (Phi) is 15.1. The van der Waals surface area contributed by atoms with Crippen molar-refractivity contribution in [2.75, 3.05) is 27.4 Å². The molecule has 0 bridgehead atoms. The van der Waals surface area contributed by atoms with Crippen LogP contribution in [0.1, 0.15) is 43.0 Å². The fourth-order valence-corrected chi connectivity index (χ4v) is 7.79. The number of carbonyl (C=O) groups excluding carboxylic acids is 2. The molecule has 0 saturated carbocycles. The first-order valence-electron chi connectivity index (χ1n) is 15.4. The Labute approximate surface area is 279 Å². The summed E-state index contributed by atoms with van der Waals surface area (Å²) in [5, 5.41) is 0.841. The molecular weight excluding hydrogens is 664 g/mol. The van der Waals surface area contributed by atoms with Gasteiger partial charge >= 0.3 is 170 Å². The number of methoxy groups -OCH3 is 2. The second-order valence-corrected chi connectivity index (χ2v) is 27.1. The summed E-state index contributed by atoms with van der Waals surface area (Å²) in [6.07, 6.45) is 0. The molecule has 0 aromatic heterocycles. The van der Waals surface area contributed by atoms with Gasteiger partial charge < -0.3 is 9.47 Å². The number of carbonyl (C=O) groups is 2. The van der Waals surface area contributed by atoms with Crippen molar-refractivity contribution in [1.82, 2.24) is 0 Å². The summed E-state index contributed by atoms with van der Waals surface area (Å²) in [5.74, 6) is 1.13. The third-order valence-corrected chi connectivity index (χ3v) is 12.7. The SMILES string of the molecule is COC(=O)c1c(C)cc(OCC[Si](C)(C)C)cc1C.COC(=O)c1c(C)cc(OCC[Si](C)(C)C)cc1C[Se]c1ccccc1. The van der Waals surface area contributed by atoms with Crippen LogP contribution in [0.2, 0.25) is 51.4 Å². The van der Waals surface area contributed by atoms with E-state index in [1.807, 2.05) is 51.1 Å². The van der Waals surface area contributed by atoms with E-state index in [2.05, 4.69) is 63.5 Å². The molecule has 0 spiro atoms. The summed E-state index contributed by atoms with van der Waals surface area (Å²) in [5.41, 5.74) is 5.05. The molecule has 0 unspecified atom stereocenters. The first-order chi connectivity index (χ1) is 21.0. The van der Waals surface area contributed by atoms with Gasteiger partial charge in [-0.2, -0.15) is 0 Å². The normalized spacial score (nSPS) is 11.3. The van der Waals surface area contributed by atoms with Crippen molar-refractivity contribution in [1.29, 1.82) is 0 Å². The molecule has 3 aromatic rings. The molecule has 0 radical (unpaired) electrons. The summed E-state index contributed by atoms with van der Waals surface area (Å²) >= 11 is 0.257. The maximum atomic E-state index is 12.3. The fourth-order valence-electron chi connectivity index (χ4n) is 4.47. The molecular formula is C36H52O6SeSi2. The zero-order valence-corrected chi connectivity index (χ0v) is 32.8. The molecule has 246 valence electrons. The molecule has 6 nitrogen and oxygen atoms in total. The zero-order chi connectivity index (χ0) is 33.8. The van der Waals surface area contributed by atoms with Crippen molar-refractivity contribution in [3.8, 4) is 11.5 Å². The predicted octanol–water partition coefficient (Wildman–Crippen LogP) is 7.84. The van der Waals surface area contributed by atoms with Crippen LogP contribution in [0, 0.1) is 20.8 Å². The standard InChI is InChI=1S/C21H28O3SeSi.C15H24O3Si/c1-16-13-18(24-11-12-26(3,4)5)14-17(20(16)21(22)23-2)15-25-19-9-7-6-8-10-19;1-11-9-13(18-7-8-19(4,5)6)10-12(2)14(11)15(16)17-3/h6-10,13-14H,11-12,15H2,1-5H3;9-10H,7-8H2,1-6H3. The quantitative estimate of drug-likeness (QED) is 0.133. The maximum absolute atomic E-state index is 12.3. The molecule has 9 heteroatoms. The second-order valence-electron chi connectivity index (χ2n) is 13.6. The van der Waals surface area contributed by atoms with Crippen molar-refractivity contribution < 1.29 is 28.5 Å². The molecule has 0 N–H and O–H groups in total. The summed E-state index contributed by atoms with van der Waals surface area (Å²) in [7, 11) is 0.639. The third kappa shape index (κ3) is 13.6. The van der Waals surface area contributed by atoms with Gasteiger partial charge in [0.1, 0.15) is 5.75 Å². The van der Waals surface area contributed by atoms with E-state index < -0.39 is 16.1 Å². The summed E-state index contributed by atoms with van der Waals surface area (Å²) in [4.78, 5) is 23.9. The average Bonchev–Trinajstić information content (AvgIpc) is 2.94. The molecule has 3 aromatic carbocycles. The summed E-state index contributed by atoms with van der Waals surface area (Å²) in [6.45, 7) is 21.3. The van der Waals surface area contributed by atoms with Gasteiger partial charge in [0.25, 0.3) is 0 Å². The van der Waals surface area contributed by atoms with Crippen LogP contribution in [-0.4, -0.2) is 70.5 Å². The molecule has 0 aliphatic carbocycles. The van der Waals surface area contributed by atoms with Gasteiger partial charge in [-0.25, -0.2) is 4.79 Å². The molecule has 0 amide bonds. The number of esters is 2. The fraction of sp³-hybridized carbons (Fsp3) is 0.444. The first kappa shape index (κ1) is 38.3. The molecule has 0 aliphatic rings. The van der Waals surface area contributed by atoms with Crippen LogP contribution in [0.5, 0.6) is 11.5 Å². The van der Waals surface area contributed by atoms with Crippen molar-refractivity contribution >= 4 is 47.5 Å². The van der Waals surface area contributed by atoms with Crippen LogP contribution in [0.15, 0.2) is 54.6 Å². The van der Waals surface area contributed by atoms with Gasteiger partial charge in [0.15, 0.2) is 0 Å². The Morgan fingerprint density at radius 2 is 1.07 bits per heavy atom. The second kappa shape index (κ2) is 17.7. The van der Waals surface area contributed by atoms with Crippen molar-refractivity contribution in [3.63, 3.8) is 0 Å². The monoisotopic (exact) mass is 716 g/mol. The minimum absolute atomic E-state index is 0.257. The van der Waals surface area contributed by atoms with Crippen LogP contribution >= 0.6 is 0 Å². The number of aryl methyl sites for hydroxylation is 3. The molecule has 0 aliphatic heterocycles. The van der Waals surface area contributed by atoms with Gasteiger partial charge in [-0.1, -0.05) is 19.6 Å².